The molecular weight excluding hydrogens is 453 g/mol. The Kier molecular flexibility index (Phi) is 6.92. The van der Waals surface area contributed by atoms with Gasteiger partial charge in [0.25, 0.3) is 0 Å². The second-order valence-corrected chi connectivity index (χ2v) is 7.16. The van der Waals surface area contributed by atoms with Gasteiger partial charge in [-0.2, -0.15) is 39.5 Å². The van der Waals surface area contributed by atoms with Crippen LogP contribution in [0.5, 0.6) is 0 Å². The number of benzene rings is 1. The van der Waals surface area contributed by atoms with Gasteiger partial charge in [0.05, 0.1) is 5.76 Å². The predicted molar refractivity (Wildman–Crippen MR) is 86.7 cm³/mol. The summed E-state index contributed by atoms with van der Waals surface area (Å²) in [5.41, 5.74) is -1.55. The molecule has 1 aromatic carbocycles. The fraction of sp³-hybridized carbons (Fsp3) is 0.579. The summed E-state index contributed by atoms with van der Waals surface area (Å²) in [4.78, 5) is 0. The van der Waals surface area contributed by atoms with Crippen molar-refractivity contribution in [2.45, 2.75) is 63.2 Å². The summed E-state index contributed by atoms with van der Waals surface area (Å²) in [7, 11) is 0. The molecule has 1 aromatic rings. The molecule has 1 unspecified atom stereocenters. The van der Waals surface area contributed by atoms with Crippen molar-refractivity contribution in [1.82, 2.24) is 0 Å². The van der Waals surface area contributed by atoms with E-state index in [-0.39, 0.29) is 12.0 Å². The summed E-state index contributed by atoms with van der Waals surface area (Å²) in [5.74, 6) is -16.8. The van der Waals surface area contributed by atoms with Crippen LogP contribution in [0.15, 0.2) is 24.0 Å². The lowest BCUT2D eigenvalue weighted by molar-refractivity contribution is -0.357. The van der Waals surface area contributed by atoms with Gasteiger partial charge in [0.15, 0.2) is 11.6 Å². The highest BCUT2D eigenvalue weighted by atomic mass is 19.4. The third-order valence-electron chi connectivity index (χ3n) is 4.95. The zero-order valence-electron chi connectivity index (χ0n) is 15.9. The lowest BCUT2D eigenvalue weighted by Gasteiger charge is -2.32. The number of hydrogen-bond acceptors (Lipinski definition) is 1. The second kappa shape index (κ2) is 8.50. The molecule has 1 nitrogen and oxygen atoms in total. The maximum absolute atomic E-state index is 14.3. The van der Waals surface area contributed by atoms with E-state index in [4.69, 9.17) is 0 Å². The number of alkyl halides is 9. The van der Waals surface area contributed by atoms with Crippen molar-refractivity contribution < 1.29 is 53.0 Å². The van der Waals surface area contributed by atoms with E-state index in [2.05, 4.69) is 4.74 Å². The first-order chi connectivity index (χ1) is 14.0. The monoisotopic (exact) mass is 470 g/mol. The molecule has 1 atom stereocenters. The van der Waals surface area contributed by atoms with Crippen LogP contribution in [-0.2, 0) is 17.3 Å². The third-order valence-corrected chi connectivity index (χ3v) is 4.95. The average Bonchev–Trinajstić information content (AvgIpc) is 2.63. The number of hydrogen-bond donors (Lipinski definition) is 0. The molecule has 12 heteroatoms. The van der Waals surface area contributed by atoms with Crippen LogP contribution < -0.4 is 0 Å². The van der Waals surface area contributed by atoms with Crippen LogP contribution in [0.3, 0.4) is 0 Å². The van der Waals surface area contributed by atoms with Crippen molar-refractivity contribution in [3.8, 4) is 0 Å². The normalized spacial score (nSPS) is 18.7. The van der Waals surface area contributed by atoms with Crippen LogP contribution in [0, 0.1) is 17.6 Å². The zero-order valence-corrected chi connectivity index (χ0v) is 15.9. The van der Waals surface area contributed by atoms with E-state index >= 15 is 0 Å². The highest BCUT2D eigenvalue weighted by Gasteiger charge is 2.72. The Morgan fingerprint density at radius 1 is 0.935 bits per heavy atom. The van der Waals surface area contributed by atoms with Crippen molar-refractivity contribution in [2.24, 2.45) is 5.92 Å². The molecule has 0 spiro atoms. The largest absolute Gasteiger partial charge is 0.459 e. The summed E-state index contributed by atoms with van der Waals surface area (Å²) in [6.07, 6.45) is -13.2. The molecule has 0 amide bonds. The fourth-order valence-electron chi connectivity index (χ4n) is 3.15. The quantitative estimate of drug-likeness (QED) is 0.375. The van der Waals surface area contributed by atoms with Gasteiger partial charge >= 0.3 is 24.1 Å². The van der Waals surface area contributed by atoms with Gasteiger partial charge < -0.3 is 4.74 Å². The molecule has 0 aromatic heterocycles. The lowest BCUT2D eigenvalue weighted by Crippen LogP contribution is -2.52. The van der Waals surface area contributed by atoms with Crippen molar-refractivity contribution in [1.29, 1.82) is 0 Å². The van der Waals surface area contributed by atoms with Gasteiger partial charge in [-0.25, -0.2) is 8.78 Å². The number of halogens is 11. The topological polar surface area (TPSA) is 9.23 Å². The van der Waals surface area contributed by atoms with Crippen LogP contribution in [0.1, 0.15) is 43.7 Å². The van der Waals surface area contributed by atoms with E-state index in [1.807, 2.05) is 0 Å². The van der Waals surface area contributed by atoms with Crippen molar-refractivity contribution in [2.75, 3.05) is 0 Å². The molecule has 0 fully saturated rings. The second-order valence-electron chi connectivity index (χ2n) is 7.16. The van der Waals surface area contributed by atoms with E-state index in [0.717, 1.165) is 12.1 Å². The van der Waals surface area contributed by atoms with Crippen molar-refractivity contribution in [3.05, 3.63) is 46.7 Å². The smallest absolute Gasteiger partial charge is 0.434 e. The minimum atomic E-state index is -6.45. The Bertz CT molecular complexity index is 827. The van der Waals surface area contributed by atoms with Crippen molar-refractivity contribution in [3.63, 3.8) is 0 Å². The maximum Gasteiger partial charge on any atom is 0.459 e. The molecule has 1 aliphatic rings. The molecule has 31 heavy (non-hydrogen) atoms. The highest BCUT2D eigenvalue weighted by Crippen LogP contribution is 2.50. The lowest BCUT2D eigenvalue weighted by atomic mass is 9.86. The summed E-state index contributed by atoms with van der Waals surface area (Å²) >= 11 is 0. The third kappa shape index (κ3) is 5.08. The van der Waals surface area contributed by atoms with Crippen molar-refractivity contribution >= 4 is 0 Å². The molecule has 176 valence electrons. The molecule has 0 N–H and O–H groups in total. The SMILES string of the molecule is CCc1ccc(C(F)(F)OC2=CCC(CC(F)(F)C(F)(F)C(F)(F)F)CC2)c(F)c1F. The summed E-state index contributed by atoms with van der Waals surface area (Å²) in [5, 5.41) is 0. The Hall–Kier alpha value is -2.01. The summed E-state index contributed by atoms with van der Waals surface area (Å²) < 4.78 is 150. The molecule has 0 saturated carbocycles. The first-order valence-electron chi connectivity index (χ1n) is 9.09. The molecular formula is C19H17F11O. The van der Waals surface area contributed by atoms with Gasteiger partial charge in [-0.1, -0.05) is 13.0 Å². The minimum absolute atomic E-state index is 0.0417. The van der Waals surface area contributed by atoms with E-state index in [9.17, 15) is 48.3 Å². The Labute approximate surface area is 169 Å². The van der Waals surface area contributed by atoms with Crippen LogP contribution >= 0.6 is 0 Å². The summed E-state index contributed by atoms with van der Waals surface area (Å²) in [6, 6.07) is 1.57. The molecule has 1 aliphatic carbocycles. The fourth-order valence-corrected chi connectivity index (χ4v) is 3.15. The Balaban J connectivity index is 2.10. The molecule has 0 radical (unpaired) electrons. The van der Waals surface area contributed by atoms with E-state index in [0.29, 0.717) is 6.07 Å². The van der Waals surface area contributed by atoms with E-state index in [1.165, 1.54) is 6.92 Å². The van der Waals surface area contributed by atoms with Gasteiger partial charge in [0, 0.05) is 12.8 Å². The molecule has 0 bridgehead atoms. The Morgan fingerprint density at radius 3 is 2.03 bits per heavy atom. The molecule has 0 saturated heterocycles. The number of ether oxygens (including phenoxy) is 1. The summed E-state index contributed by atoms with van der Waals surface area (Å²) in [6.45, 7) is 1.48. The van der Waals surface area contributed by atoms with Crippen LogP contribution in [-0.4, -0.2) is 18.0 Å². The van der Waals surface area contributed by atoms with Crippen LogP contribution in [0.4, 0.5) is 48.3 Å². The molecule has 0 heterocycles. The maximum atomic E-state index is 14.3. The average molecular weight is 470 g/mol. The van der Waals surface area contributed by atoms with Gasteiger partial charge in [0.1, 0.15) is 5.56 Å². The highest BCUT2D eigenvalue weighted by molar-refractivity contribution is 5.28. The van der Waals surface area contributed by atoms with E-state index < -0.39 is 78.7 Å². The number of allylic oxidation sites excluding steroid dienone is 2. The number of rotatable bonds is 7. The Morgan fingerprint density at radius 2 is 1.55 bits per heavy atom. The van der Waals surface area contributed by atoms with Crippen LogP contribution in [0.25, 0.3) is 0 Å². The van der Waals surface area contributed by atoms with Gasteiger partial charge in [-0.15, -0.1) is 0 Å². The predicted octanol–water partition coefficient (Wildman–Crippen LogP) is 7.50. The zero-order chi connectivity index (χ0) is 23.8. The van der Waals surface area contributed by atoms with E-state index in [1.54, 1.807) is 0 Å². The first-order valence-corrected chi connectivity index (χ1v) is 9.09. The van der Waals surface area contributed by atoms with Crippen LogP contribution in [0.2, 0.25) is 0 Å². The first kappa shape index (κ1) is 25.3. The minimum Gasteiger partial charge on any atom is -0.434 e. The number of aryl methyl sites for hydroxylation is 1. The van der Waals surface area contributed by atoms with Gasteiger partial charge in [-0.05, 0) is 42.9 Å². The molecule has 2 rings (SSSR count). The standard InChI is InChI=1S/C19H17F11O/c1-2-11-5-8-13(15(21)14(11)20)17(24,25)31-12-6-3-10(4-7-12)9-16(22,23)18(26,27)19(28,29)30/h5-6,8,10H,2-4,7,9H2,1H3. The van der Waals surface area contributed by atoms with Gasteiger partial charge in [0.2, 0.25) is 0 Å². The van der Waals surface area contributed by atoms with Gasteiger partial charge in [-0.3, -0.25) is 0 Å². The molecule has 0 aliphatic heterocycles.